The molecular weight excluding hydrogens is 370 g/mol. The quantitative estimate of drug-likeness (QED) is 0.376. The lowest BCUT2D eigenvalue weighted by molar-refractivity contribution is -0.133. The van der Waals surface area contributed by atoms with Crippen LogP contribution in [0.3, 0.4) is 0 Å². The van der Waals surface area contributed by atoms with Gasteiger partial charge in [-0.25, -0.2) is 4.98 Å². The number of rotatable bonds is 5. The number of esters is 1. The Labute approximate surface area is 157 Å². The molecule has 0 spiro atoms. The lowest BCUT2D eigenvalue weighted by Crippen LogP contribution is -2.11. The first kappa shape index (κ1) is 16.6. The van der Waals surface area contributed by atoms with E-state index in [0.717, 1.165) is 15.4 Å². The van der Waals surface area contributed by atoms with Gasteiger partial charge in [0.25, 0.3) is 0 Å². The molecule has 0 saturated carbocycles. The summed E-state index contributed by atoms with van der Waals surface area (Å²) in [6.07, 6.45) is 0.118. The summed E-state index contributed by atoms with van der Waals surface area (Å²) in [4.78, 5) is 22.0. The molecule has 0 N–H and O–H groups in total. The van der Waals surface area contributed by atoms with Crippen molar-refractivity contribution in [3.8, 4) is 27.0 Å². The van der Waals surface area contributed by atoms with Gasteiger partial charge in [0.15, 0.2) is 0 Å². The summed E-state index contributed by atoms with van der Waals surface area (Å²) in [6.45, 7) is 1.72. The van der Waals surface area contributed by atoms with Crippen molar-refractivity contribution in [1.29, 1.82) is 0 Å². The maximum Gasteiger partial charge on any atom is 0.317 e. The molecule has 4 aromatic rings. The third-order valence-corrected chi connectivity index (χ3v) is 5.39. The number of thiazole rings is 1. The summed E-state index contributed by atoms with van der Waals surface area (Å²) in [7, 11) is 0. The molecule has 0 bridgehead atoms. The Morgan fingerprint density at radius 3 is 2.88 bits per heavy atom. The molecule has 26 heavy (non-hydrogen) atoms. The van der Waals surface area contributed by atoms with Gasteiger partial charge in [-0.2, -0.15) is 4.98 Å². The predicted octanol–water partition coefficient (Wildman–Crippen LogP) is 4.38. The molecule has 3 heterocycles. The molecule has 0 radical (unpaired) electrons. The predicted molar refractivity (Wildman–Crippen MR) is 99.2 cm³/mol. The van der Waals surface area contributed by atoms with Gasteiger partial charge in [-0.1, -0.05) is 23.4 Å². The summed E-state index contributed by atoms with van der Waals surface area (Å²) >= 11 is 3.15. The van der Waals surface area contributed by atoms with Crippen LogP contribution < -0.4 is 4.74 Å². The summed E-state index contributed by atoms with van der Waals surface area (Å²) in [6, 6.07) is 11.0. The molecule has 130 valence electrons. The van der Waals surface area contributed by atoms with Crippen LogP contribution in [0.2, 0.25) is 0 Å². The molecule has 3 aromatic heterocycles. The van der Waals surface area contributed by atoms with Crippen molar-refractivity contribution < 1.29 is 14.1 Å². The second kappa shape index (κ2) is 7.19. The van der Waals surface area contributed by atoms with Crippen molar-refractivity contribution in [1.82, 2.24) is 15.1 Å². The zero-order chi connectivity index (χ0) is 17.9. The number of ether oxygens (including phenoxy) is 1. The minimum absolute atomic E-state index is 0.118. The van der Waals surface area contributed by atoms with Gasteiger partial charge in [-0.05, 0) is 23.6 Å². The first-order valence-electron chi connectivity index (χ1n) is 7.77. The van der Waals surface area contributed by atoms with Crippen LogP contribution in [0.4, 0.5) is 0 Å². The number of nitrogens with zero attached hydrogens (tertiary/aromatic N) is 3. The second-order valence-electron chi connectivity index (χ2n) is 5.44. The van der Waals surface area contributed by atoms with Crippen molar-refractivity contribution >= 4 is 28.6 Å². The fourth-order valence-corrected chi connectivity index (χ4v) is 3.97. The minimum Gasteiger partial charge on any atom is -0.426 e. The van der Waals surface area contributed by atoms with Crippen LogP contribution in [0.25, 0.3) is 21.3 Å². The van der Waals surface area contributed by atoms with Gasteiger partial charge in [-0.3, -0.25) is 4.79 Å². The molecule has 0 amide bonds. The van der Waals surface area contributed by atoms with E-state index in [0.29, 0.717) is 23.2 Å². The Morgan fingerprint density at radius 1 is 1.19 bits per heavy atom. The average molecular weight is 383 g/mol. The molecule has 0 unspecified atom stereocenters. The highest BCUT2D eigenvalue weighted by Crippen LogP contribution is 2.28. The van der Waals surface area contributed by atoms with Crippen LogP contribution >= 0.6 is 22.7 Å². The van der Waals surface area contributed by atoms with Crippen LogP contribution in [0.15, 0.2) is 51.7 Å². The maximum atomic E-state index is 12.2. The summed E-state index contributed by atoms with van der Waals surface area (Å²) in [5.74, 6) is 1.01. The number of hydrogen-bond donors (Lipinski definition) is 0. The van der Waals surface area contributed by atoms with Gasteiger partial charge in [0, 0.05) is 17.9 Å². The van der Waals surface area contributed by atoms with Gasteiger partial charge >= 0.3 is 5.97 Å². The fraction of sp³-hybridized carbons (Fsp3) is 0.111. The normalized spacial score (nSPS) is 10.8. The number of carbonyl (C=O) groups excluding carboxylic acids is 1. The first-order valence-corrected chi connectivity index (χ1v) is 9.53. The Balaban J connectivity index is 1.44. The molecule has 0 atom stereocenters. The van der Waals surface area contributed by atoms with E-state index in [9.17, 15) is 4.79 Å². The maximum absolute atomic E-state index is 12.2. The zero-order valence-corrected chi connectivity index (χ0v) is 15.3. The molecule has 0 saturated heterocycles. The van der Waals surface area contributed by atoms with E-state index in [1.807, 2.05) is 29.0 Å². The van der Waals surface area contributed by atoms with Crippen LogP contribution in [-0.4, -0.2) is 21.1 Å². The highest BCUT2D eigenvalue weighted by Gasteiger charge is 2.13. The molecule has 1 aromatic carbocycles. The summed E-state index contributed by atoms with van der Waals surface area (Å²) in [5.41, 5.74) is 1.43. The molecule has 4 rings (SSSR count). The van der Waals surface area contributed by atoms with E-state index in [2.05, 4.69) is 15.1 Å². The fourth-order valence-electron chi connectivity index (χ4n) is 2.33. The Bertz CT molecular complexity index is 1040. The standard InChI is InChI=1S/C18H13N3O3S2/c1-11-19-17(21-24-11)12-4-2-5-14(8-12)23-16(22)9-13-10-26-18(20-13)15-6-3-7-25-15/h2-8,10H,9H2,1H3. The van der Waals surface area contributed by atoms with Gasteiger partial charge in [-0.15, -0.1) is 22.7 Å². The van der Waals surface area contributed by atoms with E-state index in [4.69, 9.17) is 9.26 Å². The molecule has 0 aliphatic heterocycles. The molecule has 0 fully saturated rings. The number of carbonyl (C=O) groups is 1. The highest BCUT2D eigenvalue weighted by molar-refractivity contribution is 7.20. The number of aryl methyl sites for hydroxylation is 1. The van der Waals surface area contributed by atoms with Gasteiger partial charge < -0.3 is 9.26 Å². The second-order valence-corrected chi connectivity index (χ2v) is 7.24. The summed E-state index contributed by atoms with van der Waals surface area (Å²) < 4.78 is 10.4. The Hall–Kier alpha value is -2.84. The van der Waals surface area contributed by atoms with Crippen LogP contribution in [0.5, 0.6) is 5.75 Å². The first-order chi connectivity index (χ1) is 12.7. The van der Waals surface area contributed by atoms with Crippen LogP contribution in [0.1, 0.15) is 11.6 Å². The number of benzene rings is 1. The van der Waals surface area contributed by atoms with Crippen LogP contribution in [-0.2, 0) is 11.2 Å². The van der Waals surface area contributed by atoms with Crippen molar-refractivity contribution in [2.24, 2.45) is 0 Å². The Kier molecular flexibility index (Phi) is 4.59. The molecule has 0 aliphatic rings. The van der Waals surface area contributed by atoms with Gasteiger partial charge in [0.2, 0.25) is 11.7 Å². The summed E-state index contributed by atoms with van der Waals surface area (Å²) in [5, 5.41) is 8.67. The number of hydrogen-bond acceptors (Lipinski definition) is 8. The van der Waals surface area contributed by atoms with Crippen molar-refractivity contribution in [3.05, 3.63) is 58.7 Å². The van der Waals surface area contributed by atoms with Crippen LogP contribution in [0, 0.1) is 6.92 Å². The number of aromatic nitrogens is 3. The third kappa shape index (κ3) is 3.71. The average Bonchev–Trinajstić information content (AvgIpc) is 3.35. The number of thiophene rings is 1. The van der Waals surface area contributed by atoms with Gasteiger partial charge in [0.05, 0.1) is 17.0 Å². The molecular formula is C18H13N3O3S2. The lowest BCUT2D eigenvalue weighted by atomic mass is 10.2. The minimum atomic E-state index is -0.366. The van der Waals surface area contributed by atoms with E-state index >= 15 is 0 Å². The van der Waals surface area contributed by atoms with Crippen molar-refractivity contribution in [2.45, 2.75) is 13.3 Å². The monoisotopic (exact) mass is 383 g/mol. The smallest absolute Gasteiger partial charge is 0.317 e. The molecule has 6 nitrogen and oxygen atoms in total. The van der Waals surface area contributed by atoms with E-state index in [1.54, 1.807) is 36.5 Å². The van der Waals surface area contributed by atoms with E-state index in [-0.39, 0.29) is 12.4 Å². The molecule has 8 heteroatoms. The zero-order valence-electron chi connectivity index (χ0n) is 13.7. The topological polar surface area (TPSA) is 78.1 Å². The van der Waals surface area contributed by atoms with E-state index < -0.39 is 0 Å². The van der Waals surface area contributed by atoms with Gasteiger partial charge in [0.1, 0.15) is 10.8 Å². The lowest BCUT2D eigenvalue weighted by Gasteiger charge is -2.04. The van der Waals surface area contributed by atoms with Crippen molar-refractivity contribution in [3.63, 3.8) is 0 Å². The molecule has 0 aliphatic carbocycles. The SMILES string of the molecule is Cc1nc(-c2cccc(OC(=O)Cc3csc(-c4cccs4)n3)c2)no1. The Morgan fingerprint density at radius 2 is 2.12 bits per heavy atom. The highest BCUT2D eigenvalue weighted by atomic mass is 32.1. The van der Waals surface area contributed by atoms with Crippen molar-refractivity contribution in [2.75, 3.05) is 0 Å². The van der Waals surface area contributed by atoms with E-state index in [1.165, 1.54) is 11.3 Å². The largest absolute Gasteiger partial charge is 0.426 e. The third-order valence-electron chi connectivity index (χ3n) is 3.46.